The molecule has 2 heteroatoms. The van der Waals surface area contributed by atoms with Crippen LogP contribution in [0.4, 0.5) is 0 Å². The number of ether oxygens (including phenoxy) is 1. The molecule has 0 aliphatic carbocycles. The summed E-state index contributed by atoms with van der Waals surface area (Å²) in [6, 6.07) is 0. The molecular weight excluding hydrogens is 140 g/mol. The molecule has 0 fully saturated rings. The second-order valence-electron chi connectivity index (χ2n) is 1.84. The van der Waals surface area contributed by atoms with Crippen LogP contribution in [0.15, 0.2) is 25.3 Å². The van der Waals surface area contributed by atoms with Gasteiger partial charge in [-0.05, 0) is 6.42 Å². The van der Waals surface area contributed by atoms with Gasteiger partial charge in [-0.15, -0.1) is 13.2 Å². The number of rotatable bonds is 5. The van der Waals surface area contributed by atoms with E-state index in [1.807, 2.05) is 6.92 Å². The molecule has 0 saturated carbocycles. The van der Waals surface area contributed by atoms with Crippen LogP contribution in [0.1, 0.15) is 13.3 Å². The highest BCUT2D eigenvalue weighted by Gasteiger charge is 1.70. The highest BCUT2D eigenvalue weighted by atomic mass is 16.5. The zero-order chi connectivity index (χ0) is 8.95. The molecule has 0 aliphatic rings. The predicted molar refractivity (Wildman–Crippen MR) is 48.6 cm³/mol. The Morgan fingerprint density at radius 1 is 1.27 bits per heavy atom. The maximum atomic E-state index is 7.88. The van der Waals surface area contributed by atoms with Gasteiger partial charge in [-0.1, -0.05) is 19.1 Å². The van der Waals surface area contributed by atoms with Gasteiger partial charge in [-0.25, -0.2) is 0 Å². The van der Waals surface area contributed by atoms with Crippen LogP contribution < -0.4 is 0 Å². The molecule has 11 heavy (non-hydrogen) atoms. The Balaban J connectivity index is 0. The summed E-state index contributed by atoms with van der Waals surface area (Å²) in [6.45, 7) is 10.4. The van der Waals surface area contributed by atoms with E-state index in [0.717, 1.165) is 6.42 Å². The molecule has 0 atom stereocenters. The Morgan fingerprint density at radius 3 is 1.82 bits per heavy atom. The lowest BCUT2D eigenvalue weighted by Crippen LogP contribution is -1.87. The van der Waals surface area contributed by atoms with Crippen molar-refractivity contribution in [3.63, 3.8) is 0 Å². The van der Waals surface area contributed by atoms with Gasteiger partial charge in [0.05, 0.1) is 13.2 Å². The Kier molecular flexibility index (Phi) is 19.2. The first-order chi connectivity index (χ1) is 5.33. The van der Waals surface area contributed by atoms with Crippen molar-refractivity contribution >= 4 is 0 Å². The van der Waals surface area contributed by atoms with Gasteiger partial charge in [0, 0.05) is 6.61 Å². The number of aliphatic hydroxyl groups is 1. The van der Waals surface area contributed by atoms with E-state index in [9.17, 15) is 0 Å². The Bertz CT molecular complexity index is 69.6. The molecule has 0 aromatic heterocycles. The molecule has 1 N–H and O–H groups in total. The quantitative estimate of drug-likeness (QED) is 0.488. The smallest absolute Gasteiger partial charge is 0.0649 e. The molecule has 0 radical (unpaired) electrons. The maximum absolute atomic E-state index is 7.88. The third-order valence-corrected chi connectivity index (χ3v) is 0.695. The van der Waals surface area contributed by atoms with Crippen molar-refractivity contribution in [2.45, 2.75) is 13.3 Å². The number of hydrogen-bond donors (Lipinski definition) is 1. The van der Waals surface area contributed by atoms with Crippen molar-refractivity contribution in [1.82, 2.24) is 0 Å². The zero-order valence-electron chi connectivity index (χ0n) is 7.25. The van der Waals surface area contributed by atoms with Crippen molar-refractivity contribution in [3.8, 4) is 0 Å². The third-order valence-electron chi connectivity index (χ3n) is 0.695. The Labute approximate surface area is 69.2 Å². The predicted octanol–water partition coefficient (Wildman–Crippen LogP) is 1.76. The number of aliphatic hydroxyl groups excluding tert-OH is 1. The summed E-state index contributed by atoms with van der Waals surface area (Å²) >= 11 is 0. The lowest BCUT2D eigenvalue weighted by Gasteiger charge is -1.89. The molecule has 0 bridgehead atoms. The van der Waals surface area contributed by atoms with Gasteiger partial charge in [-0.3, -0.25) is 0 Å². The average Bonchev–Trinajstić information content (AvgIpc) is 2.06. The molecule has 0 aromatic carbocycles. The van der Waals surface area contributed by atoms with Crippen molar-refractivity contribution in [2.75, 3.05) is 19.8 Å². The molecule has 0 saturated heterocycles. The van der Waals surface area contributed by atoms with Crippen LogP contribution in [0, 0.1) is 0 Å². The van der Waals surface area contributed by atoms with Crippen molar-refractivity contribution in [1.29, 1.82) is 0 Å². The summed E-state index contributed by atoms with van der Waals surface area (Å²) in [5, 5.41) is 7.88. The molecule has 0 aromatic rings. The molecule has 0 amide bonds. The van der Waals surface area contributed by atoms with Gasteiger partial charge >= 0.3 is 0 Å². The fraction of sp³-hybridized carbons (Fsp3) is 0.556. The van der Waals surface area contributed by atoms with Crippen molar-refractivity contribution < 1.29 is 9.84 Å². The van der Waals surface area contributed by atoms with Crippen LogP contribution in [0.5, 0.6) is 0 Å². The maximum Gasteiger partial charge on any atom is 0.0649 e. The molecule has 0 rings (SSSR count). The second-order valence-corrected chi connectivity index (χ2v) is 1.84. The van der Waals surface area contributed by atoms with E-state index in [-0.39, 0.29) is 0 Å². The van der Waals surface area contributed by atoms with Crippen molar-refractivity contribution in [2.24, 2.45) is 0 Å². The first kappa shape index (κ1) is 13.0. The first-order valence-corrected chi connectivity index (χ1v) is 3.73. The fourth-order valence-electron chi connectivity index (χ4n) is 0.235. The Hall–Kier alpha value is -0.600. The van der Waals surface area contributed by atoms with E-state index < -0.39 is 0 Å². The molecular formula is C9H18O2. The minimum atomic E-state index is 0.319. The van der Waals surface area contributed by atoms with E-state index in [4.69, 9.17) is 9.84 Å². The standard InChI is InChI=1S/C6H10O.C3H8O/c1-3-5-7-6-4-2;1-2-3-4/h3-4H,1-2,5-6H2;4H,2-3H2,1H3. The SMILES string of the molecule is C=CCOCC=C.CCCO. The van der Waals surface area contributed by atoms with Gasteiger partial charge in [0.1, 0.15) is 0 Å². The van der Waals surface area contributed by atoms with E-state index in [1.165, 1.54) is 0 Å². The molecule has 2 nitrogen and oxygen atoms in total. The fourth-order valence-corrected chi connectivity index (χ4v) is 0.235. The minimum Gasteiger partial charge on any atom is -0.396 e. The van der Waals surface area contributed by atoms with Crippen LogP contribution in [-0.4, -0.2) is 24.9 Å². The van der Waals surface area contributed by atoms with E-state index >= 15 is 0 Å². The first-order valence-electron chi connectivity index (χ1n) is 3.73. The largest absolute Gasteiger partial charge is 0.396 e. The topological polar surface area (TPSA) is 29.5 Å². The van der Waals surface area contributed by atoms with Gasteiger partial charge in [-0.2, -0.15) is 0 Å². The molecule has 0 unspecified atom stereocenters. The van der Waals surface area contributed by atoms with Gasteiger partial charge in [0.25, 0.3) is 0 Å². The van der Waals surface area contributed by atoms with E-state index in [1.54, 1.807) is 12.2 Å². The lowest BCUT2D eigenvalue weighted by molar-refractivity contribution is 0.194. The van der Waals surface area contributed by atoms with Gasteiger partial charge in [0.2, 0.25) is 0 Å². The third kappa shape index (κ3) is 26.6. The summed E-state index contributed by atoms with van der Waals surface area (Å²) < 4.78 is 4.90. The van der Waals surface area contributed by atoms with Gasteiger partial charge < -0.3 is 9.84 Å². The van der Waals surface area contributed by atoms with E-state index in [2.05, 4.69) is 13.2 Å². The van der Waals surface area contributed by atoms with Gasteiger partial charge in [0.15, 0.2) is 0 Å². The van der Waals surface area contributed by atoms with Crippen molar-refractivity contribution in [3.05, 3.63) is 25.3 Å². The average molecular weight is 158 g/mol. The molecule has 0 spiro atoms. The summed E-state index contributed by atoms with van der Waals surface area (Å²) in [4.78, 5) is 0. The minimum absolute atomic E-state index is 0.319. The molecule has 0 aliphatic heterocycles. The highest BCUT2D eigenvalue weighted by molar-refractivity contribution is 4.68. The lowest BCUT2D eigenvalue weighted by atomic mass is 10.5. The summed E-state index contributed by atoms with van der Waals surface area (Å²) in [6.07, 6.45) is 4.30. The molecule has 66 valence electrons. The summed E-state index contributed by atoms with van der Waals surface area (Å²) in [5.74, 6) is 0. The number of hydrogen-bond acceptors (Lipinski definition) is 2. The summed E-state index contributed by atoms with van der Waals surface area (Å²) in [7, 11) is 0. The van der Waals surface area contributed by atoms with Crippen LogP contribution in [0.3, 0.4) is 0 Å². The normalized spacial score (nSPS) is 7.82. The van der Waals surface area contributed by atoms with Crippen LogP contribution in [0.2, 0.25) is 0 Å². The second kappa shape index (κ2) is 16.2. The monoisotopic (exact) mass is 158 g/mol. The van der Waals surface area contributed by atoms with Crippen LogP contribution >= 0.6 is 0 Å². The van der Waals surface area contributed by atoms with Crippen LogP contribution in [-0.2, 0) is 4.74 Å². The summed E-state index contributed by atoms with van der Waals surface area (Å²) in [5.41, 5.74) is 0. The van der Waals surface area contributed by atoms with E-state index in [0.29, 0.717) is 19.8 Å². The Morgan fingerprint density at radius 2 is 1.64 bits per heavy atom. The zero-order valence-corrected chi connectivity index (χ0v) is 7.25. The highest BCUT2D eigenvalue weighted by Crippen LogP contribution is 1.72. The molecule has 0 heterocycles. The van der Waals surface area contributed by atoms with Crippen LogP contribution in [0.25, 0.3) is 0 Å².